The molecule has 1 N–H and O–H groups in total. The Hall–Kier alpha value is -0.778. The van der Waals surface area contributed by atoms with E-state index in [2.05, 4.69) is 6.58 Å². The second-order valence-electron chi connectivity index (χ2n) is 1.77. The van der Waals surface area contributed by atoms with E-state index in [-0.39, 0.29) is 22.9 Å². The van der Waals surface area contributed by atoms with Gasteiger partial charge >= 0.3 is 5.97 Å². The summed E-state index contributed by atoms with van der Waals surface area (Å²) in [6.07, 6.45) is 4.87. The third-order valence-electron chi connectivity index (χ3n) is 1.14. The maximum atomic E-state index is 10.2. The van der Waals surface area contributed by atoms with E-state index in [0.29, 0.717) is 5.57 Å². The molecule has 1 aliphatic rings. The van der Waals surface area contributed by atoms with Crippen molar-refractivity contribution in [1.29, 1.82) is 0 Å². The first kappa shape index (κ1) is 9.22. The van der Waals surface area contributed by atoms with Crippen LogP contribution in [0.1, 0.15) is 0 Å². The van der Waals surface area contributed by atoms with E-state index in [1.54, 1.807) is 12.2 Å². The minimum absolute atomic E-state index is 0. The second kappa shape index (κ2) is 3.41. The van der Waals surface area contributed by atoms with E-state index in [9.17, 15) is 4.79 Å². The molecular weight excluding hydrogens is 143 g/mol. The standard InChI is InChI=1S/C7H6O2.Al.3H/c1-5-3-2-4-6(5)7(8)9;;;;/h2-4H,1H2,(H,8,9);;;;. The van der Waals surface area contributed by atoms with Crippen molar-refractivity contribution in [1.82, 2.24) is 0 Å². The molecule has 0 bridgehead atoms. The van der Waals surface area contributed by atoms with Crippen molar-refractivity contribution >= 4 is 23.3 Å². The minimum Gasteiger partial charge on any atom is -0.478 e. The van der Waals surface area contributed by atoms with Crippen LogP contribution in [0.2, 0.25) is 0 Å². The van der Waals surface area contributed by atoms with E-state index < -0.39 is 5.97 Å². The van der Waals surface area contributed by atoms with E-state index in [1.165, 1.54) is 6.08 Å². The smallest absolute Gasteiger partial charge is 0.336 e. The molecule has 0 atom stereocenters. The van der Waals surface area contributed by atoms with Crippen molar-refractivity contribution in [3.05, 3.63) is 36.0 Å². The predicted molar refractivity (Wildman–Crippen MR) is 43.9 cm³/mol. The molecule has 0 aromatic rings. The Bertz CT molecular complexity index is 226. The highest BCUT2D eigenvalue weighted by Crippen LogP contribution is 2.15. The van der Waals surface area contributed by atoms with Crippen LogP contribution in [0.25, 0.3) is 0 Å². The normalized spacial score (nSPS) is 14.4. The Balaban J connectivity index is 0.000000810. The number of carbonyl (C=O) groups is 1. The van der Waals surface area contributed by atoms with Gasteiger partial charge < -0.3 is 5.11 Å². The van der Waals surface area contributed by atoms with Gasteiger partial charge in [-0.2, -0.15) is 0 Å². The van der Waals surface area contributed by atoms with Crippen LogP contribution in [0, 0.1) is 0 Å². The topological polar surface area (TPSA) is 37.3 Å². The number of aliphatic carboxylic acids is 1. The monoisotopic (exact) mass is 152 g/mol. The third-order valence-corrected chi connectivity index (χ3v) is 1.14. The van der Waals surface area contributed by atoms with Gasteiger partial charge in [0.2, 0.25) is 0 Å². The molecule has 0 fully saturated rings. The Labute approximate surface area is 69.7 Å². The number of rotatable bonds is 1. The van der Waals surface area contributed by atoms with Crippen LogP contribution in [0.3, 0.4) is 0 Å². The van der Waals surface area contributed by atoms with Crippen LogP contribution < -0.4 is 0 Å². The molecule has 52 valence electrons. The van der Waals surface area contributed by atoms with Crippen LogP contribution in [0.4, 0.5) is 0 Å². The van der Waals surface area contributed by atoms with Gasteiger partial charge in [0.15, 0.2) is 17.4 Å². The van der Waals surface area contributed by atoms with Crippen molar-refractivity contribution in [2.24, 2.45) is 0 Å². The van der Waals surface area contributed by atoms with Crippen molar-refractivity contribution in [2.45, 2.75) is 0 Å². The maximum absolute atomic E-state index is 10.2. The summed E-state index contributed by atoms with van der Waals surface area (Å²) in [5.74, 6) is -0.912. The lowest BCUT2D eigenvalue weighted by Gasteiger charge is -1.92. The second-order valence-corrected chi connectivity index (χ2v) is 1.77. The van der Waals surface area contributed by atoms with Crippen molar-refractivity contribution in [3.8, 4) is 0 Å². The molecule has 0 radical (unpaired) electrons. The predicted octanol–water partition coefficient (Wildman–Crippen LogP) is -0.0605. The van der Waals surface area contributed by atoms with Gasteiger partial charge in [0, 0.05) is 0 Å². The highest BCUT2D eigenvalue weighted by Gasteiger charge is 2.10. The SMILES string of the molecule is C=C1C=CC=C1C(=O)O.[AlH3]. The number of allylic oxidation sites excluding steroid dienone is 3. The molecule has 3 heteroatoms. The summed E-state index contributed by atoms with van der Waals surface area (Å²) in [6.45, 7) is 3.52. The minimum atomic E-state index is -0.912. The molecule has 1 aliphatic carbocycles. The van der Waals surface area contributed by atoms with Gasteiger partial charge in [-0.3, -0.25) is 0 Å². The van der Waals surface area contributed by atoms with Crippen LogP contribution >= 0.6 is 0 Å². The quantitative estimate of drug-likeness (QED) is 0.534. The van der Waals surface area contributed by atoms with Gasteiger partial charge in [0.25, 0.3) is 0 Å². The molecule has 0 amide bonds. The van der Waals surface area contributed by atoms with E-state index >= 15 is 0 Å². The maximum Gasteiger partial charge on any atom is 0.336 e. The summed E-state index contributed by atoms with van der Waals surface area (Å²) in [5, 5.41) is 8.41. The highest BCUT2D eigenvalue weighted by atomic mass is 27.0. The molecule has 0 heterocycles. The largest absolute Gasteiger partial charge is 0.478 e. The zero-order chi connectivity index (χ0) is 6.85. The molecule has 0 spiro atoms. The Morgan fingerprint density at radius 1 is 1.60 bits per heavy atom. The van der Waals surface area contributed by atoms with E-state index in [0.717, 1.165) is 0 Å². The Morgan fingerprint density at radius 2 is 2.20 bits per heavy atom. The molecule has 2 nitrogen and oxygen atoms in total. The van der Waals surface area contributed by atoms with Gasteiger partial charge in [-0.05, 0) is 11.6 Å². The van der Waals surface area contributed by atoms with Crippen molar-refractivity contribution < 1.29 is 9.90 Å². The van der Waals surface area contributed by atoms with Gasteiger partial charge in [-0.25, -0.2) is 4.79 Å². The number of carboxylic acids is 1. The van der Waals surface area contributed by atoms with E-state index in [4.69, 9.17) is 5.11 Å². The average molecular weight is 152 g/mol. The molecule has 0 unspecified atom stereocenters. The summed E-state index contributed by atoms with van der Waals surface area (Å²) >= 11 is 0. The molecular formula is C7H9AlO2. The Kier molecular flexibility index (Phi) is 3.14. The van der Waals surface area contributed by atoms with Crippen molar-refractivity contribution in [2.75, 3.05) is 0 Å². The van der Waals surface area contributed by atoms with Gasteiger partial charge in [0.05, 0.1) is 5.57 Å². The zero-order valence-electron chi connectivity index (χ0n) is 4.79. The number of hydrogen-bond acceptors (Lipinski definition) is 1. The summed E-state index contributed by atoms with van der Waals surface area (Å²) in [5.41, 5.74) is 0.859. The lowest BCUT2D eigenvalue weighted by molar-refractivity contribution is -0.132. The lowest BCUT2D eigenvalue weighted by atomic mass is 10.2. The Morgan fingerprint density at radius 3 is 2.40 bits per heavy atom. The summed E-state index contributed by atoms with van der Waals surface area (Å²) in [7, 11) is 0. The first-order chi connectivity index (χ1) is 4.22. The fourth-order valence-electron chi connectivity index (χ4n) is 0.666. The van der Waals surface area contributed by atoms with Gasteiger partial charge in [-0.1, -0.05) is 18.7 Å². The lowest BCUT2D eigenvalue weighted by Crippen LogP contribution is -1.98. The fraction of sp³-hybridized carbons (Fsp3) is 0. The summed E-state index contributed by atoms with van der Waals surface area (Å²) in [4.78, 5) is 10.2. The van der Waals surface area contributed by atoms with Crippen LogP contribution in [-0.4, -0.2) is 28.4 Å². The highest BCUT2D eigenvalue weighted by molar-refractivity contribution is 5.94. The average Bonchev–Trinajstić information content (AvgIpc) is 2.13. The molecule has 0 saturated carbocycles. The molecule has 0 aliphatic heterocycles. The van der Waals surface area contributed by atoms with Crippen LogP contribution in [0.15, 0.2) is 36.0 Å². The first-order valence-corrected chi connectivity index (χ1v) is 2.53. The molecule has 0 aromatic carbocycles. The molecule has 0 aromatic heterocycles. The van der Waals surface area contributed by atoms with Crippen LogP contribution in [0.5, 0.6) is 0 Å². The van der Waals surface area contributed by atoms with Crippen molar-refractivity contribution in [3.63, 3.8) is 0 Å². The molecule has 10 heavy (non-hydrogen) atoms. The first-order valence-electron chi connectivity index (χ1n) is 2.53. The summed E-state index contributed by atoms with van der Waals surface area (Å²) in [6, 6.07) is 0. The molecule has 0 saturated heterocycles. The van der Waals surface area contributed by atoms with Crippen LogP contribution in [-0.2, 0) is 4.79 Å². The molecule has 1 rings (SSSR count). The van der Waals surface area contributed by atoms with E-state index in [1.807, 2.05) is 0 Å². The number of carboxylic acid groups (broad SMARTS) is 1. The third kappa shape index (κ3) is 1.60. The van der Waals surface area contributed by atoms with Gasteiger partial charge in [-0.15, -0.1) is 0 Å². The fourth-order valence-corrected chi connectivity index (χ4v) is 0.666. The zero-order valence-corrected chi connectivity index (χ0v) is 4.79. The summed E-state index contributed by atoms with van der Waals surface area (Å²) < 4.78 is 0. The number of hydrogen-bond donors (Lipinski definition) is 1. The van der Waals surface area contributed by atoms with Gasteiger partial charge in [0.1, 0.15) is 0 Å².